The van der Waals surface area contributed by atoms with Crippen LogP contribution in [0.4, 0.5) is 17.1 Å². The number of hydrogen-bond acceptors (Lipinski definition) is 5. The first-order valence-corrected chi connectivity index (χ1v) is 7.77. The van der Waals surface area contributed by atoms with Gasteiger partial charge in [-0.1, -0.05) is 32.9 Å². The molecule has 0 saturated heterocycles. The topological polar surface area (TPSA) is 104 Å². The average molecular weight is 338 g/mol. The van der Waals surface area contributed by atoms with Crippen molar-refractivity contribution in [2.75, 3.05) is 0 Å². The summed E-state index contributed by atoms with van der Waals surface area (Å²) in [4.78, 5) is 13.2. The Morgan fingerprint density at radius 3 is 2.36 bits per heavy atom. The number of hydrogen-bond donors (Lipinski definition) is 2. The maximum atomic E-state index is 10.9. The lowest BCUT2D eigenvalue weighted by Gasteiger charge is -2.18. The van der Waals surface area contributed by atoms with Crippen LogP contribution in [0.2, 0.25) is 0 Å². The summed E-state index contributed by atoms with van der Waals surface area (Å²) in [6.45, 7) is 6.38. The largest absolute Gasteiger partial charge is 0.493 e. The highest BCUT2D eigenvalue weighted by Gasteiger charge is 2.15. The SMILES string of the molecule is CC(C)(C)c1ccc(N=Nc2c(O)[nH]c3ccc([N+](=O)[O-])cc23)cc1. The number of H-pyrrole nitrogens is 1. The first kappa shape index (κ1) is 16.6. The predicted molar refractivity (Wildman–Crippen MR) is 95.9 cm³/mol. The summed E-state index contributed by atoms with van der Waals surface area (Å²) in [6, 6.07) is 11.9. The number of non-ortho nitro benzene ring substituents is 1. The van der Waals surface area contributed by atoms with Crippen molar-refractivity contribution in [1.29, 1.82) is 0 Å². The fourth-order valence-corrected chi connectivity index (χ4v) is 2.50. The Balaban J connectivity index is 1.96. The first-order valence-electron chi connectivity index (χ1n) is 7.77. The van der Waals surface area contributed by atoms with Crippen LogP contribution in [0.5, 0.6) is 5.88 Å². The van der Waals surface area contributed by atoms with Gasteiger partial charge >= 0.3 is 0 Å². The zero-order valence-corrected chi connectivity index (χ0v) is 14.1. The Morgan fingerprint density at radius 2 is 1.76 bits per heavy atom. The lowest BCUT2D eigenvalue weighted by atomic mass is 9.87. The summed E-state index contributed by atoms with van der Waals surface area (Å²) in [5, 5.41) is 29.6. The minimum absolute atomic E-state index is 0.0454. The molecule has 0 fully saturated rings. The summed E-state index contributed by atoms with van der Waals surface area (Å²) in [7, 11) is 0. The fraction of sp³-hybridized carbons (Fsp3) is 0.222. The fourth-order valence-electron chi connectivity index (χ4n) is 2.50. The highest BCUT2D eigenvalue weighted by Crippen LogP contribution is 2.38. The molecule has 0 aliphatic heterocycles. The second kappa shape index (κ2) is 6.01. The molecule has 7 nitrogen and oxygen atoms in total. The van der Waals surface area contributed by atoms with Gasteiger partial charge in [0.05, 0.1) is 16.1 Å². The summed E-state index contributed by atoms with van der Waals surface area (Å²) < 4.78 is 0. The monoisotopic (exact) mass is 338 g/mol. The normalized spacial score (nSPS) is 12.1. The van der Waals surface area contributed by atoms with Gasteiger partial charge in [0, 0.05) is 17.5 Å². The van der Waals surface area contributed by atoms with Crippen LogP contribution >= 0.6 is 0 Å². The lowest BCUT2D eigenvalue weighted by molar-refractivity contribution is -0.384. The van der Waals surface area contributed by atoms with Gasteiger partial charge in [-0.3, -0.25) is 10.1 Å². The smallest absolute Gasteiger partial charge is 0.270 e. The summed E-state index contributed by atoms with van der Waals surface area (Å²) in [5.74, 6) is -0.175. The Hall–Kier alpha value is -3.22. The minimum Gasteiger partial charge on any atom is -0.493 e. The molecule has 3 aromatic rings. The van der Waals surface area contributed by atoms with Gasteiger partial charge in [-0.2, -0.15) is 5.11 Å². The third-order valence-corrected chi connectivity index (χ3v) is 3.95. The molecule has 3 rings (SSSR count). The number of rotatable bonds is 3. The van der Waals surface area contributed by atoms with E-state index in [-0.39, 0.29) is 22.7 Å². The quantitative estimate of drug-likeness (QED) is 0.374. The number of aromatic nitrogens is 1. The molecule has 0 spiro atoms. The molecule has 0 radical (unpaired) electrons. The molecule has 128 valence electrons. The van der Waals surface area contributed by atoms with Crippen molar-refractivity contribution in [2.45, 2.75) is 26.2 Å². The van der Waals surface area contributed by atoms with Gasteiger partial charge in [-0.25, -0.2) is 0 Å². The highest BCUT2D eigenvalue weighted by atomic mass is 16.6. The van der Waals surface area contributed by atoms with Crippen molar-refractivity contribution in [3.8, 4) is 5.88 Å². The number of fused-ring (bicyclic) bond motifs is 1. The molecule has 1 heterocycles. The van der Waals surface area contributed by atoms with Crippen molar-refractivity contribution < 1.29 is 10.0 Å². The van der Waals surface area contributed by atoms with E-state index in [2.05, 4.69) is 36.0 Å². The van der Waals surface area contributed by atoms with Crippen molar-refractivity contribution in [3.05, 3.63) is 58.1 Å². The van der Waals surface area contributed by atoms with Gasteiger partial charge in [0.2, 0.25) is 5.88 Å². The number of nitro benzene ring substituents is 1. The third-order valence-electron chi connectivity index (χ3n) is 3.95. The molecule has 1 aromatic heterocycles. The van der Waals surface area contributed by atoms with Crippen LogP contribution < -0.4 is 0 Å². The average Bonchev–Trinajstić information content (AvgIpc) is 2.87. The molecule has 0 atom stereocenters. The molecule has 0 saturated carbocycles. The third kappa shape index (κ3) is 3.35. The molecule has 0 amide bonds. The van der Waals surface area contributed by atoms with E-state index >= 15 is 0 Å². The predicted octanol–water partition coefficient (Wildman–Crippen LogP) is 5.49. The number of nitrogens with one attached hydrogen (secondary N) is 1. The Kier molecular flexibility index (Phi) is 4.00. The van der Waals surface area contributed by atoms with E-state index in [9.17, 15) is 15.2 Å². The van der Waals surface area contributed by atoms with Crippen molar-refractivity contribution in [1.82, 2.24) is 4.98 Å². The molecule has 0 unspecified atom stereocenters. The standard InChI is InChI=1S/C18H18N4O3/c1-18(2,3)11-4-6-12(7-5-11)20-21-16-14-10-13(22(24)25)8-9-15(14)19-17(16)23/h4-10,19,23H,1-3H3. The number of nitro groups is 1. The van der Waals surface area contributed by atoms with Crippen LogP contribution in [0.25, 0.3) is 10.9 Å². The van der Waals surface area contributed by atoms with E-state index in [0.717, 1.165) is 0 Å². The van der Waals surface area contributed by atoms with Crippen molar-refractivity contribution in [2.24, 2.45) is 10.2 Å². The van der Waals surface area contributed by atoms with Crippen LogP contribution in [-0.4, -0.2) is 15.0 Å². The molecule has 25 heavy (non-hydrogen) atoms. The van der Waals surface area contributed by atoms with Gasteiger partial charge in [-0.05, 0) is 29.2 Å². The van der Waals surface area contributed by atoms with E-state index in [0.29, 0.717) is 16.6 Å². The van der Waals surface area contributed by atoms with Crippen LogP contribution in [-0.2, 0) is 5.41 Å². The van der Waals surface area contributed by atoms with E-state index in [1.54, 1.807) is 0 Å². The second-order valence-electron chi connectivity index (χ2n) is 6.81. The van der Waals surface area contributed by atoms with E-state index < -0.39 is 4.92 Å². The lowest BCUT2D eigenvalue weighted by Crippen LogP contribution is -2.10. The molecular formula is C18H18N4O3. The van der Waals surface area contributed by atoms with Gasteiger partial charge in [0.15, 0.2) is 5.69 Å². The summed E-state index contributed by atoms with van der Waals surface area (Å²) >= 11 is 0. The molecule has 7 heteroatoms. The van der Waals surface area contributed by atoms with Crippen LogP contribution in [0.3, 0.4) is 0 Å². The van der Waals surface area contributed by atoms with Gasteiger partial charge in [0.25, 0.3) is 5.69 Å². The van der Waals surface area contributed by atoms with Gasteiger partial charge < -0.3 is 10.1 Å². The molecule has 2 N–H and O–H groups in total. The Labute approximate surface area is 144 Å². The Bertz CT molecular complexity index is 966. The van der Waals surface area contributed by atoms with E-state index in [1.807, 2.05) is 24.3 Å². The zero-order valence-electron chi connectivity index (χ0n) is 14.1. The van der Waals surface area contributed by atoms with Crippen LogP contribution in [0.1, 0.15) is 26.3 Å². The van der Waals surface area contributed by atoms with Crippen LogP contribution in [0.15, 0.2) is 52.7 Å². The number of benzene rings is 2. The van der Waals surface area contributed by atoms with Crippen molar-refractivity contribution >= 4 is 28.0 Å². The maximum Gasteiger partial charge on any atom is 0.270 e. The van der Waals surface area contributed by atoms with Crippen molar-refractivity contribution in [3.63, 3.8) is 0 Å². The first-order chi connectivity index (χ1) is 11.8. The zero-order chi connectivity index (χ0) is 18.2. The molecular weight excluding hydrogens is 320 g/mol. The van der Waals surface area contributed by atoms with Gasteiger partial charge in [0.1, 0.15) is 0 Å². The molecule has 0 aliphatic carbocycles. The summed E-state index contributed by atoms with van der Waals surface area (Å²) in [5.41, 5.74) is 2.52. The maximum absolute atomic E-state index is 10.9. The molecule has 0 aliphatic rings. The minimum atomic E-state index is -0.490. The number of nitrogens with zero attached hydrogens (tertiary/aromatic N) is 3. The second-order valence-corrected chi connectivity index (χ2v) is 6.81. The highest BCUT2D eigenvalue weighted by molar-refractivity contribution is 5.95. The van der Waals surface area contributed by atoms with E-state index in [1.165, 1.54) is 23.8 Å². The molecule has 0 bridgehead atoms. The number of aromatic hydroxyl groups is 1. The summed E-state index contributed by atoms with van der Waals surface area (Å²) in [6.07, 6.45) is 0. The number of aromatic amines is 1. The molecule has 2 aromatic carbocycles. The number of azo groups is 1. The van der Waals surface area contributed by atoms with Gasteiger partial charge in [-0.15, -0.1) is 5.11 Å². The van der Waals surface area contributed by atoms with Crippen LogP contribution in [0, 0.1) is 10.1 Å². The van der Waals surface area contributed by atoms with E-state index in [4.69, 9.17) is 0 Å². The Morgan fingerprint density at radius 1 is 1.08 bits per heavy atom.